The number of anilines is 1. The van der Waals surface area contributed by atoms with Gasteiger partial charge < -0.3 is 9.47 Å². The fourth-order valence-electron chi connectivity index (χ4n) is 3.78. The number of para-hydroxylation sites is 2. The monoisotopic (exact) mass is 334 g/mol. The number of nitrogens with zero attached hydrogens (tertiary/aromatic N) is 8. The number of hydrogen-bond donors (Lipinski definition) is 0. The zero-order valence-electron chi connectivity index (χ0n) is 13.9. The fourth-order valence-corrected chi connectivity index (χ4v) is 3.78. The first-order valence-electron chi connectivity index (χ1n) is 8.62. The largest absolute Gasteiger partial charge is 0.345 e. The molecule has 1 fully saturated rings. The van der Waals surface area contributed by atoms with Crippen molar-refractivity contribution in [3.8, 4) is 0 Å². The average molecular weight is 334 g/mol. The fraction of sp³-hybridized carbons (Fsp3) is 0.353. The van der Waals surface area contributed by atoms with Gasteiger partial charge in [-0.15, -0.1) is 14.8 Å². The summed E-state index contributed by atoms with van der Waals surface area (Å²) >= 11 is 0. The highest BCUT2D eigenvalue weighted by Crippen LogP contribution is 2.36. The first-order chi connectivity index (χ1) is 12.3. The molecule has 8 nitrogen and oxygen atoms in total. The van der Waals surface area contributed by atoms with Crippen LogP contribution in [0.15, 0.2) is 36.4 Å². The Labute approximate surface area is 144 Å². The van der Waals surface area contributed by atoms with Gasteiger partial charge in [0.1, 0.15) is 5.82 Å². The topological polar surface area (TPSA) is 77.0 Å². The molecular formula is C17H18N8. The number of fused-ring (bicyclic) bond motifs is 2. The van der Waals surface area contributed by atoms with Crippen molar-refractivity contribution >= 4 is 22.5 Å². The van der Waals surface area contributed by atoms with Crippen LogP contribution in [0.3, 0.4) is 0 Å². The number of imidazole rings is 1. The SMILES string of the molecule is CCn1c(C2CCCN2c2ccc3nnnn3n2)nc2ccccc21. The summed E-state index contributed by atoms with van der Waals surface area (Å²) < 4.78 is 3.79. The summed E-state index contributed by atoms with van der Waals surface area (Å²) in [6, 6.07) is 12.4. The summed E-state index contributed by atoms with van der Waals surface area (Å²) in [6.45, 7) is 4.03. The van der Waals surface area contributed by atoms with E-state index in [1.54, 1.807) is 0 Å². The van der Waals surface area contributed by atoms with Crippen molar-refractivity contribution in [3.63, 3.8) is 0 Å². The molecule has 0 radical (unpaired) electrons. The van der Waals surface area contributed by atoms with E-state index >= 15 is 0 Å². The Kier molecular flexibility index (Phi) is 3.16. The third-order valence-corrected chi connectivity index (χ3v) is 4.90. The molecular weight excluding hydrogens is 316 g/mol. The molecule has 1 saturated heterocycles. The van der Waals surface area contributed by atoms with Crippen LogP contribution in [0.2, 0.25) is 0 Å². The van der Waals surface area contributed by atoms with Gasteiger partial charge in [0, 0.05) is 13.1 Å². The summed E-state index contributed by atoms with van der Waals surface area (Å²) in [5.74, 6) is 2.00. The lowest BCUT2D eigenvalue weighted by atomic mass is 10.2. The lowest BCUT2D eigenvalue weighted by Gasteiger charge is -2.25. The van der Waals surface area contributed by atoms with Crippen LogP contribution in [0.25, 0.3) is 16.7 Å². The van der Waals surface area contributed by atoms with Gasteiger partial charge in [-0.05, 0) is 54.5 Å². The van der Waals surface area contributed by atoms with E-state index in [1.807, 2.05) is 18.2 Å². The Balaban J connectivity index is 1.61. The van der Waals surface area contributed by atoms with Crippen molar-refractivity contribution in [2.24, 2.45) is 0 Å². The zero-order chi connectivity index (χ0) is 16.8. The van der Waals surface area contributed by atoms with Gasteiger partial charge in [0.05, 0.1) is 17.1 Å². The predicted molar refractivity (Wildman–Crippen MR) is 93.3 cm³/mol. The van der Waals surface area contributed by atoms with Crippen molar-refractivity contribution < 1.29 is 0 Å². The first-order valence-corrected chi connectivity index (χ1v) is 8.62. The Bertz CT molecular complexity index is 1050. The van der Waals surface area contributed by atoms with Crippen LogP contribution in [0.4, 0.5) is 5.82 Å². The molecule has 1 aromatic carbocycles. The molecule has 1 aliphatic heterocycles. The van der Waals surface area contributed by atoms with E-state index in [0.29, 0.717) is 5.65 Å². The van der Waals surface area contributed by atoms with Gasteiger partial charge in [0.25, 0.3) is 0 Å². The molecule has 0 amide bonds. The summed E-state index contributed by atoms with van der Waals surface area (Å²) in [5.41, 5.74) is 2.89. The lowest BCUT2D eigenvalue weighted by molar-refractivity contribution is 0.599. The molecule has 4 heterocycles. The van der Waals surface area contributed by atoms with Gasteiger partial charge in [-0.2, -0.15) is 0 Å². The van der Waals surface area contributed by atoms with Crippen LogP contribution >= 0.6 is 0 Å². The van der Waals surface area contributed by atoms with E-state index in [-0.39, 0.29) is 6.04 Å². The van der Waals surface area contributed by atoms with Crippen LogP contribution in [-0.4, -0.2) is 41.4 Å². The molecule has 3 aromatic heterocycles. The molecule has 1 unspecified atom stereocenters. The van der Waals surface area contributed by atoms with Crippen molar-refractivity contribution in [2.75, 3.05) is 11.4 Å². The molecule has 5 rings (SSSR count). The number of benzene rings is 1. The molecule has 0 bridgehead atoms. The van der Waals surface area contributed by atoms with Crippen molar-refractivity contribution in [1.82, 2.24) is 34.8 Å². The normalized spacial score (nSPS) is 17.8. The Morgan fingerprint density at radius 2 is 2.08 bits per heavy atom. The molecule has 8 heteroatoms. The molecule has 0 N–H and O–H groups in total. The maximum Gasteiger partial charge on any atom is 0.200 e. The van der Waals surface area contributed by atoms with Crippen LogP contribution in [-0.2, 0) is 6.54 Å². The molecule has 25 heavy (non-hydrogen) atoms. The third kappa shape index (κ3) is 2.17. The summed E-state index contributed by atoms with van der Waals surface area (Å²) in [6.07, 6.45) is 2.19. The van der Waals surface area contributed by atoms with Crippen molar-refractivity contribution in [3.05, 3.63) is 42.2 Å². The van der Waals surface area contributed by atoms with Gasteiger partial charge in [-0.1, -0.05) is 12.1 Å². The van der Waals surface area contributed by atoms with E-state index in [0.717, 1.165) is 43.1 Å². The molecule has 1 atom stereocenters. The second-order valence-corrected chi connectivity index (χ2v) is 6.27. The highest BCUT2D eigenvalue weighted by atomic mass is 15.6. The van der Waals surface area contributed by atoms with Crippen LogP contribution in [0, 0.1) is 0 Å². The van der Waals surface area contributed by atoms with E-state index in [4.69, 9.17) is 4.98 Å². The third-order valence-electron chi connectivity index (χ3n) is 4.90. The standard InChI is InChI=1S/C17H18N8/c1-2-23-13-7-4-3-6-12(13)18-17(23)14-8-5-11-24(14)16-10-9-15-19-21-22-25(15)20-16/h3-4,6-7,9-10,14H,2,5,8,11H2,1H3. The Hall–Kier alpha value is -3.03. The quantitative estimate of drug-likeness (QED) is 0.572. The number of aromatic nitrogens is 7. The van der Waals surface area contributed by atoms with Gasteiger partial charge in [-0.25, -0.2) is 4.98 Å². The van der Waals surface area contributed by atoms with Crippen molar-refractivity contribution in [1.29, 1.82) is 0 Å². The van der Waals surface area contributed by atoms with Crippen LogP contribution in [0.5, 0.6) is 0 Å². The average Bonchev–Trinajstić information content (AvgIpc) is 3.37. The smallest absolute Gasteiger partial charge is 0.200 e. The lowest BCUT2D eigenvalue weighted by Crippen LogP contribution is -2.26. The number of aryl methyl sites for hydroxylation is 1. The number of tetrazole rings is 1. The number of rotatable bonds is 3. The minimum Gasteiger partial charge on any atom is -0.345 e. The minimum absolute atomic E-state index is 0.216. The molecule has 1 aliphatic rings. The molecule has 4 aromatic rings. The van der Waals surface area contributed by atoms with Gasteiger partial charge >= 0.3 is 0 Å². The van der Waals surface area contributed by atoms with E-state index in [9.17, 15) is 0 Å². The molecule has 0 saturated carbocycles. The van der Waals surface area contributed by atoms with Gasteiger partial charge in [0.2, 0.25) is 0 Å². The Morgan fingerprint density at radius 1 is 1.16 bits per heavy atom. The molecule has 0 spiro atoms. The summed E-state index contributed by atoms with van der Waals surface area (Å²) in [7, 11) is 0. The molecule has 0 aliphatic carbocycles. The maximum atomic E-state index is 4.94. The van der Waals surface area contributed by atoms with Gasteiger partial charge in [0.15, 0.2) is 11.5 Å². The Morgan fingerprint density at radius 3 is 3.00 bits per heavy atom. The van der Waals surface area contributed by atoms with Crippen LogP contribution in [0.1, 0.15) is 31.6 Å². The second-order valence-electron chi connectivity index (χ2n) is 6.27. The highest BCUT2D eigenvalue weighted by molar-refractivity contribution is 5.76. The van der Waals surface area contributed by atoms with Crippen molar-refractivity contribution in [2.45, 2.75) is 32.4 Å². The predicted octanol–water partition coefficient (Wildman–Crippen LogP) is 2.23. The minimum atomic E-state index is 0.216. The van der Waals surface area contributed by atoms with E-state index in [2.05, 4.69) is 55.2 Å². The number of hydrogen-bond acceptors (Lipinski definition) is 6. The van der Waals surface area contributed by atoms with E-state index in [1.165, 1.54) is 10.1 Å². The van der Waals surface area contributed by atoms with Crippen LogP contribution < -0.4 is 4.90 Å². The molecule has 126 valence electrons. The summed E-state index contributed by atoms with van der Waals surface area (Å²) in [4.78, 5) is 7.25. The van der Waals surface area contributed by atoms with E-state index < -0.39 is 0 Å². The second kappa shape index (κ2) is 5.51. The highest BCUT2D eigenvalue weighted by Gasteiger charge is 2.31. The first kappa shape index (κ1) is 14.3. The summed E-state index contributed by atoms with van der Waals surface area (Å²) in [5, 5.41) is 16.1. The van der Waals surface area contributed by atoms with Gasteiger partial charge in [-0.3, -0.25) is 0 Å². The maximum absolute atomic E-state index is 4.94. The zero-order valence-corrected chi connectivity index (χ0v) is 13.9.